The van der Waals surface area contributed by atoms with Crippen LogP contribution in [0.4, 0.5) is 11.8 Å². The summed E-state index contributed by atoms with van der Waals surface area (Å²) in [6, 6.07) is 0.452. The van der Waals surface area contributed by atoms with Crippen molar-refractivity contribution in [3.8, 4) is 11.4 Å². The molecule has 9 nitrogen and oxygen atoms in total. The molecule has 3 aromatic rings. The molecule has 1 saturated carbocycles. The van der Waals surface area contributed by atoms with Gasteiger partial charge in [-0.2, -0.15) is 4.98 Å². The van der Waals surface area contributed by atoms with Crippen LogP contribution in [-0.2, 0) is 4.74 Å². The van der Waals surface area contributed by atoms with Crippen molar-refractivity contribution in [1.29, 1.82) is 0 Å². The van der Waals surface area contributed by atoms with Crippen LogP contribution >= 0.6 is 0 Å². The number of anilines is 2. The lowest BCUT2D eigenvalue weighted by Crippen LogP contribution is -2.37. The molecule has 2 fully saturated rings. The number of ether oxygens (including phenoxy) is 1. The molecule has 0 radical (unpaired) electrons. The maximum absolute atomic E-state index is 5.70. The normalized spacial score (nSPS) is 18.4. The van der Waals surface area contributed by atoms with E-state index < -0.39 is 0 Å². The third-order valence-corrected chi connectivity index (χ3v) is 5.34. The van der Waals surface area contributed by atoms with Crippen LogP contribution in [0.5, 0.6) is 0 Å². The van der Waals surface area contributed by atoms with Crippen LogP contribution in [0.25, 0.3) is 22.6 Å². The van der Waals surface area contributed by atoms with Crippen molar-refractivity contribution in [1.82, 2.24) is 29.5 Å². The summed E-state index contributed by atoms with van der Waals surface area (Å²) in [5.74, 6) is 1.08. The van der Waals surface area contributed by atoms with Gasteiger partial charge in [-0.3, -0.25) is 0 Å². The van der Waals surface area contributed by atoms with Gasteiger partial charge in [0.05, 0.1) is 31.9 Å². The van der Waals surface area contributed by atoms with Gasteiger partial charge >= 0.3 is 0 Å². The second kappa shape index (κ2) is 6.73. The topological polar surface area (TPSA) is 108 Å². The first kappa shape index (κ1) is 16.4. The van der Waals surface area contributed by atoms with Crippen molar-refractivity contribution >= 4 is 22.9 Å². The zero-order valence-electron chi connectivity index (χ0n) is 15.1. The van der Waals surface area contributed by atoms with Crippen molar-refractivity contribution in [3.05, 3.63) is 18.7 Å². The number of morpholine rings is 1. The lowest BCUT2D eigenvalue weighted by atomic mass is 10.2. The SMILES string of the molecule is Nc1cnc(-c2nc(N3CCOCC3)nc3c2ncn3C2CCCC2)cn1. The number of nitrogen functional groups attached to an aromatic ring is 1. The number of hydrogen-bond acceptors (Lipinski definition) is 8. The number of fused-ring (bicyclic) bond motifs is 1. The molecule has 0 unspecified atom stereocenters. The van der Waals surface area contributed by atoms with E-state index in [1.165, 1.54) is 25.7 Å². The highest BCUT2D eigenvalue weighted by Crippen LogP contribution is 2.34. The van der Waals surface area contributed by atoms with Crippen LogP contribution in [0.1, 0.15) is 31.7 Å². The van der Waals surface area contributed by atoms with Gasteiger partial charge in [0.15, 0.2) is 5.65 Å². The molecule has 4 heterocycles. The molecule has 0 spiro atoms. The Morgan fingerprint density at radius 2 is 1.81 bits per heavy atom. The number of nitrogens with two attached hydrogens (primary N) is 1. The van der Waals surface area contributed by atoms with E-state index in [1.54, 1.807) is 12.4 Å². The summed E-state index contributed by atoms with van der Waals surface area (Å²) in [5, 5.41) is 0. The third kappa shape index (κ3) is 2.97. The highest BCUT2D eigenvalue weighted by molar-refractivity contribution is 5.87. The Morgan fingerprint density at radius 3 is 2.56 bits per heavy atom. The first-order valence-corrected chi connectivity index (χ1v) is 9.45. The Morgan fingerprint density at radius 1 is 1.00 bits per heavy atom. The molecule has 0 aromatic carbocycles. The van der Waals surface area contributed by atoms with Gasteiger partial charge in [-0.25, -0.2) is 19.9 Å². The molecule has 140 valence electrons. The molecule has 5 rings (SSSR count). The van der Waals surface area contributed by atoms with E-state index in [1.807, 2.05) is 6.33 Å². The average molecular weight is 366 g/mol. The first-order chi connectivity index (χ1) is 13.3. The van der Waals surface area contributed by atoms with Gasteiger partial charge in [-0.05, 0) is 12.8 Å². The lowest BCUT2D eigenvalue weighted by Gasteiger charge is -2.27. The van der Waals surface area contributed by atoms with Gasteiger partial charge in [0.2, 0.25) is 5.95 Å². The highest BCUT2D eigenvalue weighted by Gasteiger charge is 2.24. The number of imidazole rings is 1. The van der Waals surface area contributed by atoms with Gasteiger partial charge in [0, 0.05) is 19.1 Å². The molecule has 0 amide bonds. The Balaban J connectivity index is 1.67. The van der Waals surface area contributed by atoms with E-state index in [2.05, 4.69) is 24.4 Å². The molecule has 9 heteroatoms. The van der Waals surface area contributed by atoms with E-state index in [4.69, 9.17) is 20.4 Å². The lowest BCUT2D eigenvalue weighted by molar-refractivity contribution is 0.122. The van der Waals surface area contributed by atoms with Crippen molar-refractivity contribution in [3.63, 3.8) is 0 Å². The highest BCUT2D eigenvalue weighted by atomic mass is 16.5. The summed E-state index contributed by atoms with van der Waals surface area (Å²) < 4.78 is 7.69. The summed E-state index contributed by atoms with van der Waals surface area (Å²) in [5.41, 5.74) is 8.69. The van der Waals surface area contributed by atoms with E-state index in [9.17, 15) is 0 Å². The summed E-state index contributed by atoms with van der Waals surface area (Å²) in [6.07, 6.45) is 9.93. The fourth-order valence-electron chi connectivity index (χ4n) is 3.90. The van der Waals surface area contributed by atoms with E-state index in [-0.39, 0.29) is 0 Å². The van der Waals surface area contributed by atoms with E-state index >= 15 is 0 Å². The second-order valence-corrected chi connectivity index (χ2v) is 7.06. The molecule has 0 atom stereocenters. The fourth-order valence-corrected chi connectivity index (χ4v) is 3.90. The predicted molar refractivity (Wildman–Crippen MR) is 101 cm³/mol. The Kier molecular flexibility index (Phi) is 4.08. The predicted octanol–water partition coefficient (Wildman–Crippen LogP) is 1.82. The van der Waals surface area contributed by atoms with E-state index in [0.29, 0.717) is 42.4 Å². The van der Waals surface area contributed by atoms with Crippen molar-refractivity contribution < 1.29 is 4.74 Å². The quantitative estimate of drug-likeness (QED) is 0.748. The standard InChI is InChI=1S/C18H22N8O/c19-14-10-20-13(9-21-14)15-16-17(26(11-22-16)12-3-1-2-4-12)24-18(23-15)25-5-7-27-8-6-25/h9-12H,1-8H2,(H2,19,21). The van der Waals surface area contributed by atoms with Gasteiger partial charge in [0.1, 0.15) is 22.7 Å². The van der Waals surface area contributed by atoms with Gasteiger partial charge in [-0.15, -0.1) is 0 Å². The number of aromatic nitrogens is 6. The molecule has 27 heavy (non-hydrogen) atoms. The van der Waals surface area contributed by atoms with Crippen LogP contribution in [0.2, 0.25) is 0 Å². The first-order valence-electron chi connectivity index (χ1n) is 9.45. The van der Waals surface area contributed by atoms with E-state index in [0.717, 1.165) is 24.3 Å². The second-order valence-electron chi connectivity index (χ2n) is 7.06. The van der Waals surface area contributed by atoms with Crippen molar-refractivity contribution in [2.75, 3.05) is 36.9 Å². The molecule has 0 bridgehead atoms. The smallest absolute Gasteiger partial charge is 0.228 e. The van der Waals surface area contributed by atoms with Crippen LogP contribution in [0, 0.1) is 0 Å². The van der Waals surface area contributed by atoms with Crippen LogP contribution in [0.15, 0.2) is 18.7 Å². The zero-order valence-corrected chi connectivity index (χ0v) is 15.1. The summed E-state index contributed by atoms with van der Waals surface area (Å²) in [4.78, 5) is 25.1. The minimum absolute atomic E-state index is 0.383. The monoisotopic (exact) mass is 366 g/mol. The number of nitrogens with zero attached hydrogens (tertiary/aromatic N) is 7. The molecule has 1 saturated heterocycles. The molecule has 2 aliphatic rings. The number of rotatable bonds is 3. The maximum Gasteiger partial charge on any atom is 0.228 e. The van der Waals surface area contributed by atoms with Crippen molar-refractivity contribution in [2.24, 2.45) is 0 Å². The van der Waals surface area contributed by atoms with Crippen molar-refractivity contribution in [2.45, 2.75) is 31.7 Å². The minimum Gasteiger partial charge on any atom is -0.382 e. The molecule has 3 aromatic heterocycles. The van der Waals surface area contributed by atoms with Crippen LogP contribution < -0.4 is 10.6 Å². The van der Waals surface area contributed by atoms with Gasteiger partial charge in [0.25, 0.3) is 0 Å². The van der Waals surface area contributed by atoms with Gasteiger partial charge in [-0.1, -0.05) is 12.8 Å². The molecule has 2 N–H and O–H groups in total. The minimum atomic E-state index is 0.383. The van der Waals surface area contributed by atoms with Gasteiger partial charge < -0.3 is 19.9 Å². The summed E-state index contributed by atoms with van der Waals surface area (Å²) >= 11 is 0. The fraction of sp³-hybridized carbons (Fsp3) is 0.500. The Hall–Kier alpha value is -2.81. The van der Waals surface area contributed by atoms with Crippen LogP contribution in [-0.4, -0.2) is 55.8 Å². The average Bonchev–Trinajstić information content (AvgIpc) is 3.38. The Labute approximate surface area is 156 Å². The summed E-state index contributed by atoms with van der Waals surface area (Å²) in [6.45, 7) is 2.91. The largest absolute Gasteiger partial charge is 0.382 e. The molecular formula is C18H22N8O. The summed E-state index contributed by atoms with van der Waals surface area (Å²) in [7, 11) is 0. The Bertz CT molecular complexity index is 942. The number of hydrogen-bond donors (Lipinski definition) is 1. The molecule has 1 aliphatic heterocycles. The van der Waals surface area contributed by atoms with Crippen LogP contribution in [0.3, 0.4) is 0 Å². The molecule has 1 aliphatic carbocycles. The third-order valence-electron chi connectivity index (χ3n) is 5.34. The molecular weight excluding hydrogens is 344 g/mol. The zero-order chi connectivity index (χ0) is 18.2. The maximum atomic E-state index is 5.70.